The van der Waals surface area contributed by atoms with Crippen LogP contribution >= 0.6 is 0 Å². The van der Waals surface area contributed by atoms with E-state index in [2.05, 4.69) is 10.3 Å². The number of halogens is 3. The van der Waals surface area contributed by atoms with Crippen LogP contribution in [0, 0.1) is 6.92 Å². The van der Waals surface area contributed by atoms with Crippen LogP contribution in [0.2, 0.25) is 0 Å². The van der Waals surface area contributed by atoms with Crippen molar-refractivity contribution in [3.8, 4) is 0 Å². The monoisotopic (exact) mass is 485 g/mol. The molecule has 2 fully saturated rings. The van der Waals surface area contributed by atoms with Gasteiger partial charge in [0.25, 0.3) is 5.91 Å². The van der Waals surface area contributed by atoms with E-state index in [4.69, 9.17) is 4.74 Å². The van der Waals surface area contributed by atoms with Gasteiger partial charge < -0.3 is 10.1 Å². The predicted molar refractivity (Wildman–Crippen MR) is 127 cm³/mol. The van der Waals surface area contributed by atoms with E-state index >= 15 is 0 Å². The molecule has 0 radical (unpaired) electrons. The van der Waals surface area contributed by atoms with Crippen molar-refractivity contribution in [3.05, 3.63) is 70.8 Å². The molecule has 0 aromatic heterocycles. The lowest BCUT2D eigenvalue weighted by Crippen LogP contribution is -2.57. The number of nitrogens with zero attached hydrogens (tertiary/aromatic N) is 2. The highest BCUT2D eigenvalue weighted by Gasteiger charge is 2.56. The van der Waals surface area contributed by atoms with E-state index in [1.807, 2.05) is 30.3 Å². The summed E-state index contributed by atoms with van der Waals surface area (Å²) >= 11 is 0. The van der Waals surface area contributed by atoms with Gasteiger partial charge in [-0.2, -0.15) is 13.2 Å². The summed E-state index contributed by atoms with van der Waals surface area (Å²) in [6.07, 6.45) is -0.0663. The molecule has 35 heavy (non-hydrogen) atoms. The quantitative estimate of drug-likeness (QED) is 0.616. The lowest BCUT2D eigenvalue weighted by Gasteiger charge is -2.44. The van der Waals surface area contributed by atoms with Crippen LogP contribution in [0.5, 0.6) is 0 Å². The van der Waals surface area contributed by atoms with Crippen LogP contribution in [0.15, 0.2) is 53.5 Å². The fourth-order valence-electron chi connectivity index (χ4n) is 5.18. The highest BCUT2D eigenvalue weighted by molar-refractivity contribution is 6.02. The Morgan fingerprint density at radius 2 is 1.91 bits per heavy atom. The van der Waals surface area contributed by atoms with Gasteiger partial charge in [-0.25, -0.2) is 0 Å². The van der Waals surface area contributed by atoms with Gasteiger partial charge in [0.1, 0.15) is 5.54 Å². The summed E-state index contributed by atoms with van der Waals surface area (Å²) in [7, 11) is 0. The molecule has 1 N–H and O–H groups in total. The fourth-order valence-corrected chi connectivity index (χ4v) is 5.18. The smallest absolute Gasteiger partial charge is 0.372 e. The molecule has 186 valence electrons. The molecular formula is C27H30F3N3O2. The van der Waals surface area contributed by atoms with Crippen molar-refractivity contribution in [2.45, 2.75) is 68.9 Å². The van der Waals surface area contributed by atoms with Crippen molar-refractivity contribution in [2.24, 2.45) is 4.99 Å². The number of benzene rings is 2. The van der Waals surface area contributed by atoms with Crippen molar-refractivity contribution in [1.29, 1.82) is 0 Å². The summed E-state index contributed by atoms with van der Waals surface area (Å²) < 4.78 is 46.2. The second-order valence-electron chi connectivity index (χ2n) is 10.1. The average molecular weight is 486 g/mol. The largest absolute Gasteiger partial charge is 0.416 e. The maximum absolute atomic E-state index is 13.3. The zero-order chi connectivity index (χ0) is 24.8. The van der Waals surface area contributed by atoms with Crippen LogP contribution in [0.25, 0.3) is 0 Å². The molecule has 1 aliphatic carbocycles. The van der Waals surface area contributed by atoms with Gasteiger partial charge in [0.15, 0.2) is 0 Å². The molecule has 5 nitrogen and oxygen atoms in total. The number of hydrogen-bond acceptors (Lipinski definition) is 4. The number of ether oxygens (including phenoxy) is 1. The first-order chi connectivity index (χ1) is 16.6. The number of aryl methyl sites for hydroxylation is 1. The van der Waals surface area contributed by atoms with Crippen molar-refractivity contribution < 1.29 is 22.7 Å². The number of amides is 1. The number of piperidine rings is 1. The number of alkyl halides is 3. The standard InChI is InChI=1S/C27H30F3N3O2/c1-18-12-20(14-22(13-18)27(28,29)30)19(2)35-16-26(21-6-4-3-5-7-21)9-8-23(15-31-26)33-17-32-25(10-11-25)24(33)34/h3-7,12-14,17,19,23,31H,8-11,15-16H2,1-2H3/t19-,23+,26-/m1/s1. The lowest BCUT2D eigenvalue weighted by molar-refractivity contribution is -0.137. The third kappa shape index (κ3) is 4.61. The maximum atomic E-state index is 13.3. The molecule has 3 aliphatic rings. The number of carbonyl (C=O) groups excluding carboxylic acids is 1. The van der Waals surface area contributed by atoms with E-state index in [-0.39, 0.29) is 11.9 Å². The van der Waals surface area contributed by atoms with Gasteiger partial charge >= 0.3 is 6.18 Å². The van der Waals surface area contributed by atoms with Crippen molar-refractivity contribution >= 4 is 12.2 Å². The predicted octanol–water partition coefficient (Wildman–Crippen LogP) is 5.14. The van der Waals surface area contributed by atoms with E-state index < -0.39 is 28.9 Å². The second-order valence-corrected chi connectivity index (χ2v) is 10.1. The third-order valence-electron chi connectivity index (χ3n) is 7.56. The van der Waals surface area contributed by atoms with E-state index in [1.54, 1.807) is 31.2 Å². The molecule has 0 bridgehead atoms. The van der Waals surface area contributed by atoms with Gasteiger partial charge in [0.05, 0.1) is 36.2 Å². The minimum Gasteiger partial charge on any atom is -0.372 e. The van der Waals surface area contributed by atoms with Crippen LogP contribution in [0.1, 0.15) is 61.0 Å². The summed E-state index contributed by atoms with van der Waals surface area (Å²) in [4.78, 5) is 19.0. The first-order valence-corrected chi connectivity index (χ1v) is 12.1. The third-order valence-corrected chi connectivity index (χ3v) is 7.56. The van der Waals surface area contributed by atoms with Gasteiger partial charge in [-0.1, -0.05) is 42.0 Å². The molecule has 1 spiro atoms. The number of aliphatic imine (C=N–C) groups is 1. The normalized spacial score (nSPS) is 26.4. The first kappa shape index (κ1) is 24.0. The molecule has 2 aromatic carbocycles. The molecule has 2 aliphatic heterocycles. The molecule has 1 saturated carbocycles. The number of nitrogens with one attached hydrogen (secondary N) is 1. The second kappa shape index (κ2) is 8.75. The fraction of sp³-hybridized carbons (Fsp3) is 0.481. The van der Waals surface area contributed by atoms with E-state index in [9.17, 15) is 18.0 Å². The molecule has 1 amide bonds. The van der Waals surface area contributed by atoms with Crippen LogP contribution in [0.4, 0.5) is 13.2 Å². The van der Waals surface area contributed by atoms with Crippen molar-refractivity contribution in [3.63, 3.8) is 0 Å². The Morgan fingerprint density at radius 1 is 1.17 bits per heavy atom. The van der Waals surface area contributed by atoms with Crippen LogP contribution in [-0.4, -0.2) is 41.9 Å². The van der Waals surface area contributed by atoms with E-state index in [0.717, 1.165) is 37.3 Å². The van der Waals surface area contributed by atoms with E-state index in [1.165, 1.54) is 6.07 Å². The molecule has 2 heterocycles. The minimum absolute atomic E-state index is 0.0200. The first-order valence-electron chi connectivity index (χ1n) is 12.1. The van der Waals surface area contributed by atoms with Crippen molar-refractivity contribution in [1.82, 2.24) is 10.2 Å². The van der Waals surface area contributed by atoms with Gasteiger partial charge in [-0.05, 0) is 62.8 Å². The number of carbonyl (C=O) groups is 1. The lowest BCUT2D eigenvalue weighted by atomic mass is 9.81. The molecule has 1 saturated heterocycles. The van der Waals surface area contributed by atoms with Crippen LogP contribution in [0.3, 0.4) is 0 Å². The maximum Gasteiger partial charge on any atom is 0.416 e. The Hall–Kier alpha value is -2.71. The number of hydrogen-bond donors (Lipinski definition) is 1. The summed E-state index contributed by atoms with van der Waals surface area (Å²) in [5.74, 6) is 0.0984. The summed E-state index contributed by atoms with van der Waals surface area (Å²) in [5.41, 5.74) is 0.459. The van der Waals surface area contributed by atoms with Gasteiger partial charge in [0.2, 0.25) is 0 Å². The Morgan fingerprint density at radius 3 is 2.51 bits per heavy atom. The SMILES string of the molecule is Cc1cc([C@@H](C)OC[C@@]2(c3ccccc3)CC[C@H](N3C=NC4(CC4)C3=O)CN2)cc(C(F)(F)F)c1. The van der Waals surface area contributed by atoms with Crippen molar-refractivity contribution in [2.75, 3.05) is 13.2 Å². The number of rotatable bonds is 6. The topological polar surface area (TPSA) is 53.9 Å². The molecule has 5 rings (SSSR count). The van der Waals surface area contributed by atoms with Gasteiger partial charge in [-0.3, -0.25) is 14.7 Å². The van der Waals surface area contributed by atoms with Gasteiger partial charge in [-0.15, -0.1) is 0 Å². The minimum atomic E-state index is -4.40. The highest BCUT2D eigenvalue weighted by Crippen LogP contribution is 2.45. The molecule has 8 heteroatoms. The van der Waals surface area contributed by atoms with E-state index in [0.29, 0.717) is 24.3 Å². The summed E-state index contributed by atoms with van der Waals surface area (Å²) in [6, 6.07) is 14.1. The Balaban J connectivity index is 1.31. The molecule has 3 atom stereocenters. The Labute approximate surface area is 203 Å². The Bertz CT molecular complexity index is 1120. The van der Waals surface area contributed by atoms with Crippen LogP contribution in [-0.2, 0) is 21.2 Å². The Kier molecular flexibility index (Phi) is 6.00. The van der Waals surface area contributed by atoms with Gasteiger partial charge in [0, 0.05) is 6.54 Å². The zero-order valence-electron chi connectivity index (χ0n) is 19.9. The average Bonchev–Trinajstić information content (AvgIpc) is 3.57. The molecule has 2 aromatic rings. The van der Waals surface area contributed by atoms with Crippen LogP contribution < -0.4 is 5.32 Å². The highest BCUT2D eigenvalue weighted by atomic mass is 19.4. The molecule has 0 unspecified atom stereocenters. The summed E-state index contributed by atoms with van der Waals surface area (Å²) in [5, 5.41) is 3.64. The zero-order valence-corrected chi connectivity index (χ0v) is 19.9. The summed E-state index contributed by atoms with van der Waals surface area (Å²) in [6.45, 7) is 4.33. The molecular weight excluding hydrogens is 455 g/mol.